The zero-order valence-electron chi connectivity index (χ0n) is 11.2. The Morgan fingerprint density at radius 3 is 1.80 bits per heavy atom. The number of alkyl halides is 3. The Morgan fingerprint density at radius 1 is 0.650 bits per heavy atom. The second kappa shape index (κ2) is 6.60. The molecule has 0 atom stereocenters. The molecule has 2 rings (SSSR count). The summed E-state index contributed by atoms with van der Waals surface area (Å²) < 4.78 is 37.0. The van der Waals surface area contributed by atoms with E-state index in [0.717, 1.165) is 24.0 Å². The van der Waals surface area contributed by atoms with Gasteiger partial charge in [0.2, 0.25) is 0 Å². The van der Waals surface area contributed by atoms with E-state index in [9.17, 15) is 13.2 Å². The second-order valence-electron chi connectivity index (χ2n) is 4.87. The van der Waals surface area contributed by atoms with Crippen LogP contribution in [0, 0.1) is 0 Å². The van der Waals surface area contributed by atoms with Crippen LogP contribution in [-0.4, -0.2) is 6.18 Å². The Bertz CT molecular complexity index is 529. The normalized spacial score (nSPS) is 11.6. The van der Waals surface area contributed by atoms with Crippen molar-refractivity contribution in [2.45, 2.75) is 31.9 Å². The number of hydrogen-bond acceptors (Lipinski definition) is 0. The highest BCUT2D eigenvalue weighted by Gasteiger charge is 2.26. The summed E-state index contributed by atoms with van der Waals surface area (Å²) in [4.78, 5) is 0. The van der Waals surface area contributed by atoms with Crippen molar-refractivity contribution in [2.75, 3.05) is 0 Å². The maximum Gasteiger partial charge on any atom is 0.389 e. The lowest BCUT2D eigenvalue weighted by Gasteiger charge is -2.11. The van der Waals surface area contributed by atoms with Crippen molar-refractivity contribution in [3.8, 4) is 0 Å². The van der Waals surface area contributed by atoms with Crippen LogP contribution in [0.25, 0.3) is 0 Å². The molecule has 0 aromatic heterocycles. The minimum absolute atomic E-state index is 0.0640. The predicted octanol–water partition coefficient (Wildman–Crippen LogP) is 4.97. The molecule has 0 heterocycles. The standard InChI is InChI=1S/C17H17F3/c18-17(19,20)13-12-16-9-5-4-8-15(16)11-10-14-6-2-1-3-7-14/h1-9H,10-13H2. The number of aryl methyl sites for hydroxylation is 3. The molecule has 0 nitrogen and oxygen atoms in total. The van der Waals surface area contributed by atoms with Gasteiger partial charge in [-0.05, 0) is 36.0 Å². The molecule has 2 aromatic carbocycles. The van der Waals surface area contributed by atoms with Crippen LogP contribution in [0.5, 0.6) is 0 Å². The Morgan fingerprint density at radius 2 is 1.20 bits per heavy atom. The Kier molecular flexibility index (Phi) is 4.83. The van der Waals surface area contributed by atoms with Gasteiger partial charge < -0.3 is 0 Å². The zero-order chi connectivity index (χ0) is 14.4. The molecule has 0 aliphatic heterocycles. The lowest BCUT2D eigenvalue weighted by atomic mass is 9.97. The topological polar surface area (TPSA) is 0 Å². The van der Waals surface area contributed by atoms with Gasteiger partial charge in [0.25, 0.3) is 0 Å². The van der Waals surface area contributed by atoms with Crippen molar-refractivity contribution in [1.82, 2.24) is 0 Å². The van der Waals surface area contributed by atoms with Crippen molar-refractivity contribution in [3.05, 3.63) is 71.3 Å². The summed E-state index contributed by atoms with van der Waals surface area (Å²) in [7, 11) is 0. The third-order valence-electron chi connectivity index (χ3n) is 3.32. The average molecular weight is 278 g/mol. The number of halogens is 3. The van der Waals surface area contributed by atoms with E-state index >= 15 is 0 Å². The molecule has 0 fully saturated rings. The van der Waals surface area contributed by atoms with Crippen molar-refractivity contribution >= 4 is 0 Å². The number of rotatable bonds is 5. The summed E-state index contributed by atoms with van der Waals surface area (Å²) in [5.74, 6) is 0. The molecule has 0 aliphatic rings. The molecule has 0 N–H and O–H groups in total. The van der Waals surface area contributed by atoms with Gasteiger partial charge in [-0.2, -0.15) is 13.2 Å². The molecule has 0 unspecified atom stereocenters. The fraction of sp³-hybridized carbons (Fsp3) is 0.294. The van der Waals surface area contributed by atoms with Crippen molar-refractivity contribution in [2.24, 2.45) is 0 Å². The maximum atomic E-state index is 12.3. The highest BCUT2D eigenvalue weighted by molar-refractivity contribution is 5.29. The van der Waals surface area contributed by atoms with Crippen LogP contribution in [-0.2, 0) is 19.3 Å². The summed E-state index contributed by atoms with van der Waals surface area (Å²) in [6.07, 6.45) is -3.15. The SMILES string of the molecule is FC(F)(F)CCc1ccccc1CCc1ccccc1. The second-order valence-corrected chi connectivity index (χ2v) is 4.87. The van der Waals surface area contributed by atoms with Crippen LogP contribution >= 0.6 is 0 Å². The lowest BCUT2D eigenvalue weighted by Crippen LogP contribution is -2.09. The van der Waals surface area contributed by atoms with E-state index in [1.54, 1.807) is 12.1 Å². The lowest BCUT2D eigenvalue weighted by molar-refractivity contribution is -0.134. The fourth-order valence-electron chi connectivity index (χ4n) is 2.25. The molecular weight excluding hydrogens is 261 g/mol. The first kappa shape index (κ1) is 14.6. The Hall–Kier alpha value is -1.77. The van der Waals surface area contributed by atoms with E-state index in [2.05, 4.69) is 0 Å². The smallest absolute Gasteiger partial charge is 0.171 e. The zero-order valence-corrected chi connectivity index (χ0v) is 11.2. The monoisotopic (exact) mass is 278 g/mol. The summed E-state index contributed by atoms with van der Waals surface area (Å²) in [6.45, 7) is 0. The van der Waals surface area contributed by atoms with Gasteiger partial charge in [-0.25, -0.2) is 0 Å². The summed E-state index contributed by atoms with van der Waals surface area (Å²) in [5, 5.41) is 0. The van der Waals surface area contributed by atoms with Gasteiger partial charge in [0.1, 0.15) is 0 Å². The van der Waals surface area contributed by atoms with Crippen molar-refractivity contribution in [3.63, 3.8) is 0 Å². The molecule has 0 radical (unpaired) electrons. The van der Waals surface area contributed by atoms with Crippen LogP contribution in [0.2, 0.25) is 0 Å². The predicted molar refractivity (Wildman–Crippen MR) is 74.7 cm³/mol. The third-order valence-corrected chi connectivity index (χ3v) is 3.32. The Balaban J connectivity index is 2.01. The molecule has 0 bridgehead atoms. The molecular formula is C17H17F3. The third kappa shape index (κ3) is 4.72. The fourth-order valence-corrected chi connectivity index (χ4v) is 2.25. The molecule has 0 aliphatic carbocycles. The first-order chi connectivity index (χ1) is 9.54. The van der Waals surface area contributed by atoms with Crippen LogP contribution in [0.3, 0.4) is 0 Å². The number of benzene rings is 2. The maximum absolute atomic E-state index is 12.3. The Labute approximate surface area is 117 Å². The van der Waals surface area contributed by atoms with Gasteiger partial charge in [0.05, 0.1) is 0 Å². The van der Waals surface area contributed by atoms with Gasteiger partial charge in [-0.1, -0.05) is 54.6 Å². The van der Waals surface area contributed by atoms with Gasteiger partial charge in [0, 0.05) is 6.42 Å². The molecule has 20 heavy (non-hydrogen) atoms. The van der Waals surface area contributed by atoms with E-state index < -0.39 is 12.6 Å². The van der Waals surface area contributed by atoms with Crippen LogP contribution in [0.15, 0.2) is 54.6 Å². The molecule has 0 saturated heterocycles. The summed E-state index contributed by atoms with van der Waals surface area (Å²) in [6, 6.07) is 17.4. The molecule has 2 aromatic rings. The summed E-state index contributed by atoms with van der Waals surface area (Å²) >= 11 is 0. The van der Waals surface area contributed by atoms with Crippen LogP contribution in [0.1, 0.15) is 23.1 Å². The van der Waals surface area contributed by atoms with Gasteiger partial charge >= 0.3 is 6.18 Å². The van der Waals surface area contributed by atoms with E-state index in [-0.39, 0.29) is 6.42 Å². The minimum atomic E-state index is -4.09. The van der Waals surface area contributed by atoms with E-state index in [1.807, 2.05) is 42.5 Å². The molecule has 0 amide bonds. The van der Waals surface area contributed by atoms with Crippen LogP contribution < -0.4 is 0 Å². The first-order valence-corrected chi connectivity index (χ1v) is 6.72. The average Bonchev–Trinajstić information content (AvgIpc) is 2.44. The van der Waals surface area contributed by atoms with Crippen molar-refractivity contribution in [1.29, 1.82) is 0 Å². The first-order valence-electron chi connectivity index (χ1n) is 6.72. The van der Waals surface area contributed by atoms with E-state index in [4.69, 9.17) is 0 Å². The molecule has 106 valence electrons. The van der Waals surface area contributed by atoms with Gasteiger partial charge in [-0.15, -0.1) is 0 Å². The largest absolute Gasteiger partial charge is 0.389 e. The van der Waals surface area contributed by atoms with Gasteiger partial charge in [0.15, 0.2) is 0 Å². The van der Waals surface area contributed by atoms with Crippen molar-refractivity contribution < 1.29 is 13.2 Å². The minimum Gasteiger partial charge on any atom is -0.171 e. The van der Waals surface area contributed by atoms with E-state index in [1.165, 1.54) is 5.56 Å². The highest BCUT2D eigenvalue weighted by atomic mass is 19.4. The molecule has 0 spiro atoms. The quantitative estimate of drug-likeness (QED) is 0.724. The molecule has 0 saturated carbocycles. The highest BCUT2D eigenvalue weighted by Crippen LogP contribution is 2.23. The molecule has 3 heteroatoms. The summed E-state index contributed by atoms with van der Waals surface area (Å²) in [5.41, 5.74) is 3.03. The van der Waals surface area contributed by atoms with Crippen LogP contribution in [0.4, 0.5) is 13.2 Å². The number of hydrogen-bond donors (Lipinski definition) is 0. The van der Waals surface area contributed by atoms with Gasteiger partial charge in [-0.3, -0.25) is 0 Å². The van der Waals surface area contributed by atoms with E-state index in [0.29, 0.717) is 0 Å².